The third-order valence-electron chi connectivity index (χ3n) is 4.33. The fourth-order valence-electron chi connectivity index (χ4n) is 2.73. The normalized spacial score (nSPS) is 10.5. The molecule has 156 valence electrons. The van der Waals surface area contributed by atoms with Gasteiger partial charge in [-0.15, -0.1) is 0 Å². The van der Waals surface area contributed by atoms with E-state index in [9.17, 15) is 4.79 Å². The van der Waals surface area contributed by atoms with E-state index in [0.29, 0.717) is 29.4 Å². The van der Waals surface area contributed by atoms with Crippen molar-refractivity contribution < 1.29 is 19.1 Å². The van der Waals surface area contributed by atoms with Crippen molar-refractivity contribution in [2.24, 2.45) is 0 Å². The van der Waals surface area contributed by atoms with Crippen molar-refractivity contribution in [2.75, 3.05) is 11.9 Å². The average Bonchev–Trinajstić information content (AvgIpc) is 3.24. The number of carbonyl (C=O) groups excluding carboxylic acids is 1. The molecule has 1 amide bonds. The minimum absolute atomic E-state index is 0.138. The number of furan rings is 1. The molecule has 0 saturated heterocycles. The number of hydrogen-bond donors (Lipinski definition) is 3. The Bertz CT molecular complexity index is 998. The number of amides is 1. The number of aliphatic hydroxyl groups is 1. The van der Waals surface area contributed by atoms with Crippen LogP contribution >= 0.6 is 12.2 Å². The molecule has 3 rings (SSSR count). The van der Waals surface area contributed by atoms with E-state index in [-0.39, 0.29) is 17.6 Å². The van der Waals surface area contributed by atoms with E-state index in [1.165, 1.54) is 0 Å². The van der Waals surface area contributed by atoms with Gasteiger partial charge in [-0.05, 0) is 73.2 Å². The number of rotatable bonds is 8. The van der Waals surface area contributed by atoms with Gasteiger partial charge in [0.15, 0.2) is 5.11 Å². The lowest BCUT2D eigenvalue weighted by Gasteiger charge is -2.11. The van der Waals surface area contributed by atoms with Crippen LogP contribution in [0.2, 0.25) is 0 Å². The molecule has 2 aromatic carbocycles. The topological polar surface area (TPSA) is 83.7 Å². The fraction of sp³-hybridized carbons (Fsp3) is 0.217. The summed E-state index contributed by atoms with van der Waals surface area (Å²) in [5.74, 6) is 1.53. The van der Waals surface area contributed by atoms with E-state index < -0.39 is 0 Å². The Balaban J connectivity index is 1.56. The second-order valence-corrected chi connectivity index (χ2v) is 7.05. The number of aliphatic hydroxyl groups excluding tert-OH is 1. The largest absolute Gasteiger partial charge is 0.494 e. The van der Waals surface area contributed by atoms with Gasteiger partial charge in [-0.2, -0.15) is 0 Å². The molecule has 0 atom stereocenters. The summed E-state index contributed by atoms with van der Waals surface area (Å²) in [4.78, 5) is 12.5. The van der Waals surface area contributed by atoms with Crippen molar-refractivity contribution in [1.29, 1.82) is 0 Å². The highest BCUT2D eigenvalue weighted by atomic mass is 32.1. The first-order valence-corrected chi connectivity index (χ1v) is 10.1. The Morgan fingerprint density at radius 1 is 1.13 bits per heavy atom. The summed E-state index contributed by atoms with van der Waals surface area (Å²) in [7, 11) is 0. The third kappa shape index (κ3) is 5.92. The van der Waals surface area contributed by atoms with Gasteiger partial charge in [0.2, 0.25) is 0 Å². The molecule has 1 aromatic heterocycles. The molecule has 3 aromatic rings. The Morgan fingerprint density at radius 3 is 2.63 bits per heavy atom. The molecule has 7 heteroatoms. The van der Waals surface area contributed by atoms with Crippen LogP contribution in [0.25, 0.3) is 11.3 Å². The number of carbonyl (C=O) groups is 1. The summed E-state index contributed by atoms with van der Waals surface area (Å²) in [6.45, 7) is 2.58. The molecule has 0 unspecified atom stereocenters. The maximum Gasteiger partial charge on any atom is 0.257 e. The highest BCUT2D eigenvalue weighted by Gasteiger charge is 2.10. The van der Waals surface area contributed by atoms with Gasteiger partial charge in [0.05, 0.1) is 6.61 Å². The van der Waals surface area contributed by atoms with Crippen molar-refractivity contribution in [2.45, 2.75) is 26.4 Å². The highest BCUT2D eigenvalue weighted by Crippen LogP contribution is 2.24. The zero-order valence-electron chi connectivity index (χ0n) is 16.7. The molecular formula is C23H24N2O4S. The van der Waals surface area contributed by atoms with E-state index in [2.05, 4.69) is 17.6 Å². The van der Waals surface area contributed by atoms with Gasteiger partial charge in [0.1, 0.15) is 23.9 Å². The van der Waals surface area contributed by atoms with Gasteiger partial charge >= 0.3 is 0 Å². The zero-order valence-corrected chi connectivity index (χ0v) is 17.5. The minimum Gasteiger partial charge on any atom is -0.494 e. The maximum absolute atomic E-state index is 12.5. The van der Waals surface area contributed by atoms with Crippen LogP contribution in [0.1, 0.15) is 35.9 Å². The minimum atomic E-state index is -0.308. The SMILES string of the molecule is CCCCOc1cccc(C(=O)NC(=S)Nc2ccc(-c3ccc(CO)o3)cc2)c1. The molecule has 1 heterocycles. The molecule has 0 saturated carbocycles. The molecule has 0 aliphatic heterocycles. The summed E-state index contributed by atoms with van der Waals surface area (Å²) in [6, 6.07) is 17.9. The summed E-state index contributed by atoms with van der Waals surface area (Å²) in [6.07, 6.45) is 2.01. The lowest BCUT2D eigenvalue weighted by Crippen LogP contribution is -2.34. The third-order valence-corrected chi connectivity index (χ3v) is 4.54. The lowest BCUT2D eigenvalue weighted by molar-refractivity contribution is 0.0977. The number of unbranched alkanes of at least 4 members (excludes halogenated alkanes) is 1. The Labute approximate surface area is 180 Å². The quantitative estimate of drug-likeness (QED) is 0.358. The van der Waals surface area contributed by atoms with E-state index in [1.54, 1.807) is 30.3 Å². The van der Waals surface area contributed by atoms with E-state index in [1.807, 2.05) is 30.3 Å². The van der Waals surface area contributed by atoms with Crippen molar-refractivity contribution in [3.05, 3.63) is 72.0 Å². The van der Waals surface area contributed by atoms with Gasteiger partial charge in [-0.3, -0.25) is 10.1 Å². The van der Waals surface area contributed by atoms with Gasteiger partial charge in [0.25, 0.3) is 5.91 Å². The van der Waals surface area contributed by atoms with Crippen LogP contribution in [0.5, 0.6) is 5.75 Å². The number of benzene rings is 2. The standard InChI is InChI=1S/C23H24N2O4S/c1-2-3-13-28-19-6-4-5-17(14-19)22(27)25-23(30)24-18-9-7-16(8-10-18)21-12-11-20(15-26)29-21/h4-12,14,26H,2-3,13,15H2,1H3,(H2,24,25,27,30). The van der Waals surface area contributed by atoms with Crippen LogP contribution in [0.3, 0.4) is 0 Å². The van der Waals surface area contributed by atoms with Crippen molar-refractivity contribution >= 4 is 28.9 Å². The van der Waals surface area contributed by atoms with Gasteiger partial charge in [-0.25, -0.2) is 0 Å². The predicted molar refractivity (Wildman–Crippen MR) is 121 cm³/mol. The number of thiocarbonyl (C=S) groups is 1. The van der Waals surface area contributed by atoms with Crippen molar-refractivity contribution in [1.82, 2.24) is 5.32 Å². The second kappa shape index (κ2) is 10.6. The lowest BCUT2D eigenvalue weighted by atomic mass is 10.1. The molecule has 30 heavy (non-hydrogen) atoms. The van der Waals surface area contributed by atoms with E-state index in [4.69, 9.17) is 26.5 Å². The molecule has 6 nitrogen and oxygen atoms in total. The Hall–Kier alpha value is -3.16. The van der Waals surface area contributed by atoms with Gasteiger partial charge < -0.3 is 19.6 Å². The van der Waals surface area contributed by atoms with Crippen LogP contribution in [0.4, 0.5) is 5.69 Å². The first kappa shape index (κ1) is 21.5. The monoisotopic (exact) mass is 424 g/mol. The fourth-order valence-corrected chi connectivity index (χ4v) is 2.95. The molecule has 0 aliphatic rings. The molecule has 3 N–H and O–H groups in total. The zero-order chi connectivity index (χ0) is 21.3. The smallest absolute Gasteiger partial charge is 0.257 e. The molecule has 0 fully saturated rings. The molecule has 0 radical (unpaired) electrons. The van der Waals surface area contributed by atoms with Crippen molar-refractivity contribution in [3.63, 3.8) is 0 Å². The average molecular weight is 425 g/mol. The number of hydrogen-bond acceptors (Lipinski definition) is 5. The molecule has 0 spiro atoms. The highest BCUT2D eigenvalue weighted by molar-refractivity contribution is 7.80. The number of ether oxygens (including phenoxy) is 1. The van der Waals surface area contributed by atoms with E-state index in [0.717, 1.165) is 24.1 Å². The first-order chi connectivity index (χ1) is 14.6. The van der Waals surface area contributed by atoms with Crippen LogP contribution in [-0.4, -0.2) is 22.7 Å². The molecule has 0 aliphatic carbocycles. The summed E-state index contributed by atoms with van der Waals surface area (Å²) >= 11 is 5.26. The summed E-state index contributed by atoms with van der Waals surface area (Å²) in [5, 5.41) is 15.0. The molecular weight excluding hydrogens is 400 g/mol. The number of nitrogens with one attached hydrogen (secondary N) is 2. The summed E-state index contributed by atoms with van der Waals surface area (Å²) in [5.41, 5.74) is 2.07. The molecule has 0 bridgehead atoms. The predicted octanol–water partition coefficient (Wildman–Crippen LogP) is 4.74. The van der Waals surface area contributed by atoms with Crippen LogP contribution < -0.4 is 15.4 Å². The Morgan fingerprint density at radius 2 is 1.93 bits per heavy atom. The first-order valence-electron chi connectivity index (χ1n) is 9.74. The van der Waals surface area contributed by atoms with Gasteiger partial charge in [-0.1, -0.05) is 19.4 Å². The summed E-state index contributed by atoms with van der Waals surface area (Å²) < 4.78 is 11.2. The van der Waals surface area contributed by atoms with Crippen LogP contribution in [0, 0.1) is 0 Å². The second-order valence-electron chi connectivity index (χ2n) is 6.64. The Kier molecular flexibility index (Phi) is 7.59. The van der Waals surface area contributed by atoms with Gasteiger partial charge in [0, 0.05) is 16.8 Å². The van der Waals surface area contributed by atoms with Crippen molar-refractivity contribution in [3.8, 4) is 17.1 Å². The number of anilines is 1. The van der Waals surface area contributed by atoms with E-state index >= 15 is 0 Å². The van der Waals surface area contributed by atoms with Crippen LogP contribution in [0.15, 0.2) is 65.1 Å². The maximum atomic E-state index is 12.5. The van der Waals surface area contributed by atoms with Crippen LogP contribution in [-0.2, 0) is 6.61 Å².